The Kier molecular flexibility index (Phi) is 6.65. The van der Waals surface area contributed by atoms with Gasteiger partial charge in [0, 0.05) is 33.0 Å². The Hall–Kier alpha value is -2.51. The molecule has 0 bridgehead atoms. The van der Waals surface area contributed by atoms with E-state index in [0.29, 0.717) is 43.4 Å². The predicted molar refractivity (Wildman–Crippen MR) is 98.3 cm³/mol. The molecule has 8 nitrogen and oxygen atoms in total. The van der Waals surface area contributed by atoms with Crippen molar-refractivity contribution in [2.24, 2.45) is 7.05 Å². The zero-order valence-corrected chi connectivity index (χ0v) is 15.7. The van der Waals surface area contributed by atoms with Crippen LogP contribution in [0.2, 0.25) is 0 Å². The van der Waals surface area contributed by atoms with Crippen molar-refractivity contribution < 1.29 is 9.59 Å². The van der Waals surface area contributed by atoms with Crippen LogP contribution in [0.4, 0.5) is 0 Å². The Bertz CT molecular complexity index is 920. The van der Waals surface area contributed by atoms with Gasteiger partial charge < -0.3 is 14.2 Å². The highest BCUT2D eigenvalue weighted by Gasteiger charge is 2.16. The molecule has 26 heavy (non-hydrogen) atoms. The number of hydrogen-bond acceptors (Lipinski definition) is 5. The molecular formula is C18H26N4O4. The van der Waals surface area contributed by atoms with Gasteiger partial charge in [-0.25, -0.2) is 9.78 Å². The highest BCUT2D eigenvalue weighted by molar-refractivity contribution is 5.75. The molecule has 0 amide bonds. The Labute approximate surface area is 151 Å². The fourth-order valence-corrected chi connectivity index (χ4v) is 2.99. The van der Waals surface area contributed by atoms with Crippen LogP contribution in [0, 0.1) is 0 Å². The van der Waals surface area contributed by atoms with Crippen LogP contribution in [-0.2, 0) is 29.7 Å². The number of aromatic nitrogens is 4. The summed E-state index contributed by atoms with van der Waals surface area (Å²) < 4.78 is 4.35. The lowest BCUT2D eigenvalue weighted by Crippen LogP contribution is -2.39. The number of imidazole rings is 1. The molecule has 0 radical (unpaired) electrons. The van der Waals surface area contributed by atoms with Crippen molar-refractivity contribution >= 4 is 22.7 Å². The average molecular weight is 362 g/mol. The Morgan fingerprint density at radius 3 is 2.12 bits per heavy atom. The first-order chi connectivity index (χ1) is 12.3. The van der Waals surface area contributed by atoms with Crippen LogP contribution in [-0.4, -0.2) is 30.3 Å². The van der Waals surface area contributed by atoms with Crippen LogP contribution in [0.15, 0.2) is 15.9 Å². The molecule has 0 fully saturated rings. The minimum absolute atomic E-state index is 0.101. The van der Waals surface area contributed by atoms with E-state index in [-0.39, 0.29) is 23.7 Å². The maximum absolute atomic E-state index is 12.8. The number of carbonyl (C=O) groups excluding carboxylic acids is 2. The average Bonchev–Trinajstić information content (AvgIpc) is 3.00. The molecule has 0 saturated heterocycles. The van der Waals surface area contributed by atoms with E-state index in [1.54, 1.807) is 24.9 Å². The van der Waals surface area contributed by atoms with Crippen LogP contribution in [0.5, 0.6) is 0 Å². The summed E-state index contributed by atoms with van der Waals surface area (Å²) in [6, 6.07) is 0. The van der Waals surface area contributed by atoms with E-state index in [4.69, 9.17) is 0 Å². The minimum atomic E-state index is -0.396. The molecule has 142 valence electrons. The van der Waals surface area contributed by atoms with Crippen molar-refractivity contribution in [3.8, 4) is 0 Å². The van der Waals surface area contributed by atoms with Gasteiger partial charge in [-0.05, 0) is 39.5 Å². The van der Waals surface area contributed by atoms with E-state index in [1.807, 2.05) is 0 Å². The van der Waals surface area contributed by atoms with Gasteiger partial charge in [0.25, 0.3) is 5.56 Å². The quantitative estimate of drug-likeness (QED) is 0.596. The number of aryl methyl sites for hydroxylation is 2. The number of ketones is 2. The van der Waals surface area contributed by atoms with Gasteiger partial charge in [0.15, 0.2) is 11.2 Å². The monoisotopic (exact) mass is 362 g/mol. The Morgan fingerprint density at radius 1 is 0.962 bits per heavy atom. The zero-order chi connectivity index (χ0) is 19.3. The first-order valence-electron chi connectivity index (χ1n) is 8.96. The van der Waals surface area contributed by atoms with Crippen molar-refractivity contribution in [1.82, 2.24) is 18.7 Å². The van der Waals surface area contributed by atoms with Crippen molar-refractivity contribution in [1.29, 1.82) is 0 Å². The van der Waals surface area contributed by atoms with E-state index in [2.05, 4.69) is 4.98 Å². The molecule has 0 aliphatic carbocycles. The molecule has 0 aliphatic rings. The van der Waals surface area contributed by atoms with Gasteiger partial charge in [-0.3, -0.25) is 13.9 Å². The minimum Gasteiger partial charge on any atom is -0.325 e. The topological polar surface area (TPSA) is 96.0 Å². The van der Waals surface area contributed by atoms with Crippen LogP contribution < -0.4 is 11.2 Å². The summed E-state index contributed by atoms with van der Waals surface area (Å²) in [7, 11) is 1.60. The van der Waals surface area contributed by atoms with E-state index < -0.39 is 5.69 Å². The highest BCUT2D eigenvalue weighted by atomic mass is 16.2. The molecular weight excluding hydrogens is 336 g/mol. The molecule has 2 aromatic rings. The third-order valence-electron chi connectivity index (χ3n) is 4.44. The zero-order valence-electron chi connectivity index (χ0n) is 15.7. The van der Waals surface area contributed by atoms with Gasteiger partial charge in [0.05, 0.1) is 6.33 Å². The molecule has 0 aliphatic heterocycles. The van der Waals surface area contributed by atoms with E-state index in [1.165, 1.54) is 16.1 Å². The lowest BCUT2D eigenvalue weighted by atomic mass is 10.2. The first kappa shape index (κ1) is 19.8. The standard InChI is InChI=1S/C18H26N4O4/c1-13(23)8-4-6-10-21-12-19-16-15(21)17(25)22(18(26)20(16)3)11-7-5-9-14(2)24/h12H,4-11H2,1-3H3. The number of nitrogens with zero attached hydrogens (tertiary/aromatic N) is 4. The van der Waals surface area contributed by atoms with Crippen LogP contribution >= 0.6 is 0 Å². The molecule has 2 heterocycles. The number of unbranched alkanes of at least 4 members (excludes halogenated alkanes) is 2. The fourth-order valence-electron chi connectivity index (χ4n) is 2.99. The Balaban J connectivity index is 2.25. The second kappa shape index (κ2) is 8.73. The maximum Gasteiger partial charge on any atom is 0.332 e. The lowest BCUT2D eigenvalue weighted by molar-refractivity contribution is -0.118. The summed E-state index contributed by atoms with van der Waals surface area (Å²) in [6.07, 6.45) is 5.28. The van der Waals surface area contributed by atoms with Gasteiger partial charge >= 0.3 is 5.69 Å². The summed E-state index contributed by atoms with van der Waals surface area (Å²) in [6.45, 7) is 3.95. The largest absolute Gasteiger partial charge is 0.332 e. The van der Waals surface area contributed by atoms with Crippen LogP contribution in [0.25, 0.3) is 11.2 Å². The number of Topliss-reactive ketones (excluding diaryl/α,β-unsaturated/α-hetero) is 2. The number of rotatable bonds is 10. The third-order valence-corrected chi connectivity index (χ3v) is 4.44. The summed E-state index contributed by atoms with van der Waals surface area (Å²) in [4.78, 5) is 51.5. The highest BCUT2D eigenvalue weighted by Crippen LogP contribution is 2.09. The molecule has 0 unspecified atom stereocenters. The van der Waals surface area contributed by atoms with Gasteiger partial charge in [0.1, 0.15) is 11.6 Å². The lowest BCUT2D eigenvalue weighted by Gasteiger charge is -2.09. The van der Waals surface area contributed by atoms with Gasteiger partial charge in [-0.2, -0.15) is 0 Å². The second-order valence-electron chi connectivity index (χ2n) is 6.73. The summed E-state index contributed by atoms with van der Waals surface area (Å²) in [5.74, 6) is 0.250. The smallest absolute Gasteiger partial charge is 0.325 e. The number of hydrogen-bond donors (Lipinski definition) is 0. The number of fused-ring (bicyclic) bond motifs is 1. The van der Waals surface area contributed by atoms with E-state index >= 15 is 0 Å². The number of carbonyl (C=O) groups is 2. The molecule has 8 heteroatoms. The van der Waals surface area contributed by atoms with Crippen LogP contribution in [0.1, 0.15) is 52.4 Å². The molecule has 0 aromatic carbocycles. The molecule has 0 saturated carbocycles. The molecule has 0 spiro atoms. The van der Waals surface area contributed by atoms with Crippen LogP contribution in [0.3, 0.4) is 0 Å². The summed E-state index contributed by atoms with van der Waals surface area (Å²) in [5.41, 5.74) is 0.0233. The first-order valence-corrected chi connectivity index (χ1v) is 8.96. The van der Waals surface area contributed by atoms with E-state index in [0.717, 1.165) is 12.8 Å². The SMILES string of the molecule is CC(=O)CCCCn1c(=O)c2c(ncn2CCCCC(C)=O)n(C)c1=O. The van der Waals surface area contributed by atoms with Gasteiger partial charge in [-0.15, -0.1) is 0 Å². The Morgan fingerprint density at radius 2 is 1.54 bits per heavy atom. The predicted octanol–water partition coefficient (Wildman–Crippen LogP) is 1.42. The van der Waals surface area contributed by atoms with Crippen molar-refractivity contribution in [3.05, 3.63) is 27.2 Å². The molecule has 0 N–H and O–H groups in total. The summed E-state index contributed by atoms with van der Waals surface area (Å²) in [5, 5.41) is 0. The van der Waals surface area contributed by atoms with Crippen molar-refractivity contribution in [2.75, 3.05) is 0 Å². The molecule has 0 atom stereocenters. The normalized spacial score (nSPS) is 11.2. The molecule has 2 aromatic heterocycles. The van der Waals surface area contributed by atoms with Crippen molar-refractivity contribution in [2.45, 2.75) is 65.5 Å². The van der Waals surface area contributed by atoms with Gasteiger partial charge in [-0.1, -0.05) is 0 Å². The van der Waals surface area contributed by atoms with Gasteiger partial charge in [0.2, 0.25) is 0 Å². The van der Waals surface area contributed by atoms with E-state index in [9.17, 15) is 19.2 Å². The third kappa shape index (κ3) is 4.56. The van der Waals surface area contributed by atoms with Crippen molar-refractivity contribution in [3.63, 3.8) is 0 Å². The maximum atomic E-state index is 12.8. The fraction of sp³-hybridized carbons (Fsp3) is 0.611. The molecule has 2 rings (SSSR count). The summed E-state index contributed by atoms with van der Waals surface area (Å²) >= 11 is 0. The second-order valence-corrected chi connectivity index (χ2v) is 6.73.